The largest absolute Gasteiger partial charge is 0.458 e. The Bertz CT molecular complexity index is 190. The van der Waals surface area contributed by atoms with Crippen LogP contribution in [0.5, 0.6) is 0 Å². The van der Waals surface area contributed by atoms with E-state index in [4.69, 9.17) is 4.74 Å². The number of hydrogen-bond acceptors (Lipinski definition) is 2. The number of carbonyl (C=O) groups is 1. The Labute approximate surface area is 73.9 Å². The first-order valence-corrected chi connectivity index (χ1v) is 4.17. The molecule has 68 valence electrons. The molecule has 0 saturated heterocycles. The second-order valence-electron chi connectivity index (χ2n) is 2.45. The van der Waals surface area contributed by atoms with Crippen LogP contribution < -0.4 is 0 Å². The average molecular weight is 168 g/mol. The van der Waals surface area contributed by atoms with E-state index < -0.39 is 0 Å². The Morgan fingerprint density at radius 2 is 2.08 bits per heavy atom. The van der Waals surface area contributed by atoms with Crippen LogP contribution in [-0.4, -0.2) is 12.6 Å². The van der Waals surface area contributed by atoms with E-state index in [9.17, 15) is 4.79 Å². The molecule has 0 heterocycles. The molecule has 0 aromatic carbocycles. The first-order chi connectivity index (χ1) is 5.72. The summed E-state index contributed by atoms with van der Waals surface area (Å²) in [5, 5.41) is 0. The van der Waals surface area contributed by atoms with Gasteiger partial charge in [0, 0.05) is 5.57 Å². The molecule has 0 amide bonds. The topological polar surface area (TPSA) is 26.3 Å². The van der Waals surface area contributed by atoms with Crippen LogP contribution in [0.15, 0.2) is 23.8 Å². The molecule has 0 spiro atoms. The monoisotopic (exact) mass is 168 g/mol. The standard InChI is InChI=1S/C10H16O2/c1-4-6-7-8-12-10(11)9(3)5-2/h5-7H,4,8H2,1-3H3/b7-6+,9-5+. The van der Waals surface area contributed by atoms with Crippen molar-refractivity contribution in [3.05, 3.63) is 23.8 Å². The van der Waals surface area contributed by atoms with Gasteiger partial charge in [0.1, 0.15) is 6.61 Å². The van der Waals surface area contributed by atoms with Gasteiger partial charge < -0.3 is 4.74 Å². The molecule has 0 unspecified atom stereocenters. The molecule has 0 aromatic rings. The summed E-state index contributed by atoms with van der Waals surface area (Å²) in [6.45, 7) is 5.97. The summed E-state index contributed by atoms with van der Waals surface area (Å²) in [6.07, 6.45) is 6.53. The van der Waals surface area contributed by atoms with E-state index >= 15 is 0 Å². The number of carbonyl (C=O) groups excluding carboxylic acids is 1. The molecule has 0 aliphatic carbocycles. The molecule has 2 nitrogen and oxygen atoms in total. The minimum atomic E-state index is -0.238. The summed E-state index contributed by atoms with van der Waals surface area (Å²) in [7, 11) is 0. The molecule has 0 rings (SSSR count). The van der Waals surface area contributed by atoms with Crippen molar-refractivity contribution in [1.82, 2.24) is 0 Å². The molecule has 12 heavy (non-hydrogen) atoms. The Kier molecular flexibility index (Phi) is 6.07. The van der Waals surface area contributed by atoms with Crippen LogP contribution in [0.3, 0.4) is 0 Å². The third-order valence-corrected chi connectivity index (χ3v) is 1.47. The lowest BCUT2D eigenvalue weighted by Crippen LogP contribution is -2.05. The van der Waals surface area contributed by atoms with Crippen LogP contribution >= 0.6 is 0 Å². The first-order valence-electron chi connectivity index (χ1n) is 4.17. The van der Waals surface area contributed by atoms with Gasteiger partial charge in [-0.05, 0) is 20.3 Å². The van der Waals surface area contributed by atoms with Crippen LogP contribution in [0.2, 0.25) is 0 Å². The van der Waals surface area contributed by atoms with E-state index in [0.717, 1.165) is 6.42 Å². The van der Waals surface area contributed by atoms with Gasteiger partial charge in [0.25, 0.3) is 0 Å². The van der Waals surface area contributed by atoms with Crippen molar-refractivity contribution in [2.45, 2.75) is 27.2 Å². The summed E-state index contributed by atoms with van der Waals surface area (Å²) in [5.41, 5.74) is 0.653. The molecule has 0 atom stereocenters. The van der Waals surface area contributed by atoms with Crippen LogP contribution in [0, 0.1) is 0 Å². The van der Waals surface area contributed by atoms with Crippen LogP contribution in [-0.2, 0) is 9.53 Å². The lowest BCUT2D eigenvalue weighted by Gasteiger charge is -1.99. The Balaban J connectivity index is 3.65. The molecule has 0 aromatic heterocycles. The van der Waals surface area contributed by atoms with Gasteiger partial charge in [-0.1, -0.05) is 25.2 Å². The van der Waals surface area contributed by atoms with Crippen LogP contribution in [0.4, 0.5) is 0 Å². The van der Waals surface area contributed by atoms with E-state index in [0.29, 0.717) is 12.2 Å². The maximum absolute atomic E-state index is 11.0. The normalized spacial score (nSPS) is 12.1. The lowest BCUT2D eigenvalue weighted by atomic mass is 10.3. The third-order valence-electron chi connectivity index (χ3n) is 1.47. The number of rotatable bonds is 4. The Hall–Kier alpha value is -1.05. The molecule has 0 fully saturated rings. The zero-order chi connectivity index (χ0) is 9.40. The number of esters is 1. The second-order valence-corrected chi connectivity index (χ2v) is 2.45. The molecule has 0 N–H and O–H groups in total. The predicted octanol–water partition coefficient (Wildman–Crippen LogP) is 2.46. The molecule has 0 saturated carbocycles. The third kappa shape index (κ3) is 4.72. The van der Waals surface area contributed by atoms with E-state index in [2.05, 4.69) is 0 Å². The zero-order valence-corrected chi connectivity index (χ0v) is 7.96. The van der Waals surface area contributed by atoms with Crippen molar-refractivity contribution in [3.8, 4) is 0 Å². The highest BCUT2D eigenvalue weighted by Crippen LogP contribution is 1.95. The van der Waals surface area contributed by atoms with Crippen molar-refractivity contribution < 1.29 is 9.53 Å². The Morgan fingerprint density at radius 3 is 2.58 bits per heavy atom. The van der Waals surface area contributed by atoms with E-state index in [1.165, 1.54) is 0 Å². The van der Waals surface area contributed by atoms with Gasteiger partial charge >= 0.3 is 5.97 Å². The fraction of sp³-hybridized carbons (Fsp3) is 0.500. The van der Waals surface area contributed by atoms with Crippen molar-refractivity contribution in [3.63, 3.8) is 0 Å². The summed E-state index contributed by atoms with van der Waals surface area (Å²) in [4.78, 5) is 11.0. The summed E-state index contributed by atoms with van der Waals surface area (Å²) < 4.78 is 4.90. The van der Waals surface area contributed by atoms with Crippen molar-refractivity contribution >= 4 is 5.97 Å². The smallest absolute Gasteiger partial charge is 0.333 e. The van der Waals surface area contributed by atoms with E-state index in [-0.39, 0.29) is 5.97 Å². The van der Waals surface area contributed by atoms with Gasteiger partial charge in [-0.2, -0.15) is 0 Å². The van der Waals surface area contributed by atoms with Gasteiger partial charge in [0.15, 0.2) is 0 Å². The van der Waals surface area contributed by atoms with Crippen molar-refractivity contribution in [2.75, 3.05) is 6.61 Å². The highest BCUT2D eigenvalue weighted by Gasteiger charge is 2.01. The molecule has 0 radical (unpaired) electrons. The van der Waals surface area contributed by atoms with Gasteiger partial charge in [-0.3, -0.25) is 0 Å². The van der Waals surface area contributed by atoms with Crippen molar-refractivity contribution in [2.24, 2.45) is 0 Å². The number of allylic oxidation sites excluding steroid dienone is 2. The fourth-order valence-corrected chi connectivity index (χ4v) is 0.590. The van der Waals surface area contributed by atoms with Gasteiger partial charge in [-0.15, -0.1) is 0 Å². The quantitative estimate of drug-likeness (QED) is 0.366. The van der Waals surface area contributed by atoms with Gasteiger partial charge in [0.2, 0.25) is 0 Å². The molecular formula is C10H16O2. The fourth-order valence-electron chi connectivity index (χ4n) is 0.590. The zero-order valence-electron chi connectivity index (χ0n) is 7.96. The SMILES string of the molecule is C/C=C(\C)C(=O)OC/C=C/CC. The molecule has 0 aliphatic rings. The van der Waals surface area contributed by atoms with Gasteiger partial charge in [-0.25, -0.2) is 4.79 Å². The summed E-state index contributed by atoms with van der Waals surface area (Å²) in [6, 6.07) is 0. The summed E-state index contributed by atoms with van der Waals surface area (Å²) >= 11 is 0. The second kappa shape index (κ2) is 6.65. The lowest BCUT2D eigenvalue weighted by molar-refractivity contribution is -0.137. The number of ether oxygens (including phenoxy) is 1. The highest BCUT2D eigenvalue weighted by molar-refractivity contribution is 5.87. The number of hydrogen-bond donors (Lipinski definition) is 0. The van der Waals surface area contributed by atoms with Crippen LogP contribution in [0.1, 0.15) is 27.2 Å². The predicted molar refractivity (Wildman–Crippen MR) is 49.8 cm³/mol. The van der Waals surface area contributed by atoms with Gasteiger partial charge in [0.05, 0.1) is 0 Å². The Morgan fingerprint density at radius 1 is 1.42 bits per heavy atom. The molecule has 0 aliphatic heterocycles. The maximum Gasteiger partial charge on any atom is 0.333 e. The maximum atomic E-state index is 11.0. The molecule has 2 heteroatoms. The highest BCUT2D eigenvalue weighted by atomic mass is 16.5. The van der Waals surface area contributed by atoms with E-state index in [1.54, 1.807) is 13.0 Å². The van der Waals surface area contributed by atoms with E-state index in [1.807, 2.05) is 26.0 Å². The molecule has 0 bridgehead atoms. The van der Waals surface area contributed by atoms with Crippen LogP contribution in [0.25, 0.3) is 0 Å². The first kappa shape index (κ1) is 11.0. The van der Waals surface area contributed by atoms with Crippen molar-refractivity contribution in [1.29, 1.82) is 0 Å². The average Bonchev–Trinajstić information content (AvgIpc) is 2.10. The molecular weight excluding hydrogens is 152 g/mol. The summed E-state index contributed by atoms with van der Waals surface area (Å²) in [5.74, 6) is -0.238. The minimum absolute atomic E-state index is 0.238. The minimum Gasteiger partial charge on any atom is -0.458 e.